The van der Waals surface area contributed by atoms with Gasteiger partial charge in [-0.1, -0.05) is 49.2 Å². The van der Waals surface area contributed by atoms with E-state index in [0.717, 1.165) is 0 Å². The molecule has 0 amide bonds. The van der Waals surface area contributed by atoms with Crippen molar-refractivity contribution < 1.29 is 24.3 Å². The predicted octanol–water partition coefficient (Wildman–Crippen LogP) is 3.95. The number of benzene rings is 2. The van der Waals surface area contributed by atoms with E-state index in [1.807, 2.05) is 13.8 Å². The fraction of sp³-hybridized carbons (Fsp3) is 0.200. The number of aromatic carboxylic acids is 1. The van der Waals surface area contributed by atoms with Gasteiger partial charge >= 0.3 is 5.97 Å². The summed E-state index contributed by atoms with van der Waals surface area (Å²) in [6.45, 7) is 3.74. The number of Topliss-reactive ketones (excluding diaryl/α,β-unsaturated/α-hetero) is 3. The highest BCUT2D eigenvalue weighted by atomic mass is 35.5. The highest BCUT2D eigenvalue weighted by Gasteiger charge is 2.36. The molecule has 0 aliphatic heterocycles. The Balaban J connectivity index is 1.95. The third-order valence-electron chi connectivity index (χ3n) is 5.66. The highest BCUT2D eigenvalue weighted by Crippen LogP contribution is 2.34. The zero-order valence-corrected chi connectivity index (χ0v) is 19.3. The molecule has 0 radical (unpaired) electrons. The Morgan fingerprint density at radius 3 is 2.00 bits per heavy atom. The number of fused-ring (bicyclic) bond motifs is 1. The number of H-pyrrole nitrogens is 1. The first-order valence-corrected chi connectivity index (χ1v) is 10.9. The molecular formula is C25H19Cl2NO5. The number of carboxylic acid groups (broad SMARTS) is 1. The Kier molecular flexibility index (Phi) is 5.76. The Morgan fingerprint density at radius 1 is 0.939 bits per heavy atom. The molecule has 6 nitrogen and oxygen atoms in total. The molecule has 0 atom stereocenters. The molecule has 1 saturated carbocycles. The SMILES string of the molecule is CC1(C)CC(=O)C(=c2[nH]/c(=C\C(=O)c3ccc(C(=O)O)cc3)c3cc(Cl)c(Cl)cc23)C(=O)C1. The van der Waals surface area contributed by atoms with Crippen molar-refractivity contribution in [2.24, 2.45) is 5.41 Å². The molecule has 2 N–H and O–H groups in total. The molecule has 1 fully saturated rings. The van der Waals surface area contributed by atoms with E-state index in [1.165, 1.54) is 30.3 Å². The number of aromatic amines is 1. The van der Waals surface area contributed by atoms with E-state index in [0.29, 0.717) is 21.5 Å². The van der Waals surface area contributed by atoms with Crippen LogP contribution in [0.3, 0.4) is 0 Å². The third-order valence-corrected chi connectivity index (χ3v) is 6.38. The third kappa shape index (κ3) is 4.36. The van der Waals surface area contributed by atoms with Gasteiger partial charge in [0.25, 0.3) is 0 Å². The van der Waals surface area contributed by atoms with Gasteiger partial charge in [-0.05, 0) is 29.7 Å². The van der Waals surface area contributed by atoms with Crippen LogP contribution in [0.4, 0.5) is 0 Å². The fourth-order valence-corrected chi connectivity index (χ4v) is 4.42. The van der Waals surface area contributed by atoms with Crippen LogP contribution in [0.1, 0.15) is 47.4 Å². The van der Waals surface area contributed by atoms with E-state index in [4.69, 9.17) is 28.3 Å². The highest BCUT2D eigenvalue weighted by molar-refractivity contribution is 6.44. The minimum atomic E-state index is -1.09. The molecule has 8 heteroatoms. The summed E-state index contributed by atoms with van der Waals surface area (Å²) in [7, 11) is 0. The van der Waals surface area contributed by atoms with Gasteiger partial charge in [-0.3, -0.25) is 14.4 Å². The van der Waals surface area contributed by atoms with Gasteiger partial charge in [-0.25, -0.2) is 4.79 Å². The van der Waals surface area contributed by atoms with Crippen molar-refractivity contribution in [1.82, 2.24) is 4.98 Å². The standard InChI is InChI=1S/C25H19Cl2NO5/c1-25(2)10-20(30)22(21(31)11-25)23-15-8-17(27)16(26)7-14(15)18(28-23)9-19(29)12-3-5-13(6-4-12)24(32)33/h3-9,28H,10-11H2,1-2H3,(H,32,33)/b18-9-. The summed E-state index contributed by atoms with van der Waals surface area (Å²) in [4.78, 5) is 52.8. The summed E-state index contributed by atoms with van der Waals surface area (Å²) in [6, 6.07) is 8.67. The van der Waals surface area contributed by atoms with Gasteiger partial charge in [0.2, 0.25) is 0 Å². The van der Waals surface area contributed by atoms with Crippen LogP contribution in [-0.2, 0) is 9.59 Å². The minimum Gasteiger partial charge on any atom is -0.478 e. The van der Waals surface area contributed by atoms with Crippen LogP contribution < -0.4 is 10.7 Å². The first kappa shape index (κ1) is 23.0. The summed E-state index contributed by atoms with van der Waals surface area (Å²) in [5.41, 5.74) is -0.0120. The van der Waals surface area contributed by atoms with Crippen LogP contribution in [0.2, 0.25) is 10.0 Å². The van der Waals surface area contributed by atoms with Crippen molar-refractivity contribution in [1.29, 1.82) is 0 Å². The second kappa shape index (κ2) is 8.28. The van der Waals surface area contributed by atoms with E-state index in [2.05, 4.69) is 4.98 Å². The summed E-state index contributed by atoms with van der Waals surface area (Å²) in [6.07, 6.45) is 1.78. The smallest absolute Gasteiger partial charge is 0.335 e. The number of carbonyl (C=O) groups is 4. The van der Waals surface area contributed by atoms with Crippen molar-refractivity contribution in [3.63, 3.8) is 0 Å². The monoisotopic (exact) mass is 483 g/mol. The maximum atomic E-state index is 12.9. The van der Waals surface area contributed by atoms with Gasteiger partial charge in [0.1, 0.15) is 0 Å². The number of aromatic nitrogens is 1. The van der Waals surface area contributed by atoms with Gasteiger partial charge in [0.15, 0.2) is 17.3 Å². The lowest BCUT2D eigenvalue weighted by Crippen LogP contribution is -2.35. The molecule has 0 saturated heterocycles. The number of carboxylic acids is 1. The Morgan fingerprint density at radius 2 is 1.45 bits per heavy atom. The van der Waals surface area contributed by atoms with Crippen LogP contribution in [0.15, 0.2) is 36.4 Å². The van der Waals surface area contributed by atoms with E-state index in [9.17, 15) is 19.2 Å². The van der Waals surface area contributed by atoms with Gasteiger partial charge in [0, 0.05) is 35.3 Å². The molecular weight excluding hydrogens is 465 g/mol. The first-order chi connectivity index (χ1) is 15.5. The normalized spacial score (nSPS) is 16.5. The van der Waals surface area contributed by atoms with Crippen LogP contribution in [0.25, 0.3) is 22.4 Å². The molecule has 2 aromatic carbocycles. The zero-order chi connectivity index (χ0) is 24.1. The lowest BCUT2D eigenvalue weighted by molar-refractivity contribution is -0.124. The van der Waals surface area contributed by atoms with Crippen molar-refractivity contribution in [2.75, 3.05) is 0 Å². The Labute approximate surface area is 198 Å². The maximum absolute atomic E-state index is 12.9. The van der Waals surface area contributed by atoms with Crippen molar-refractivity contribution in [2.45, 2.75) is 26.7 Å². The zero-order valence-electron chi connectivity index (χ0n) is 17.8. The van der Waals surface area contributed by atoms with Gasteiger partial charge in [-0.15, -0.1) is 0 Å². The molecule has 3 aromatic rings. The first-order valence-electron chi connectivity index (χ1n) is 10.1. The van der Waals surface area contributed by atoms with E-state index >= 15 is 0 Å². The van der Waals surface area contributed by atoms with Crippen molar-refractivity contribution in [3.05, 3.63) is 68.3 Å². The molecule has 1 aliphatic rings. The number of carbonyl (C=O) groups excluding carboxylic acids is 3. The van der Waals surface area contributed by atoms with Crippen molar-refractivity contribution in [3.8, 4) is 0 Å². The van der Waals surface area contributed by atoms with Crippen LogP contribution in [0.5, 0.6) is 0 Å². The van der Waals surface area contributed by atoms with Crippen LogP contribution in [0, 0.1) is 5.41 Å². The lowest BCUT2D eigenvalue weighted by Gasteiger charge is -2.28. The summed E-state index contributed by atoms with van der Waals surface area (Å²) in [5.74, 6) is -2.02. The largest absolute Gasteiger partial charge is 0.478 e. The molecule has 33 heavy (non-hydrogen) atoms. The molecule has 0 bridgehead atoms. The number of nitrogens with one attached hydrogen (secondary N) is 1. The second-order valence-electron chi connectivity index (χ2n) is 8.86. The van der Waals surface area contributed by atoms with Gasteiger partial charge in [-0.2, -0.15) is 0 Å². The second-order valence-corrected chi connectivity index (χ2v) is 9.67. The van der Waals surface area contributed by atoms with Crippen molar-refractivity contribution >= 4 is 68.9 Å². The Hall–Kier alpha value is -3.22. The van der Waals surface area contributed by atoms with E-state index in [-0.39, 0.29) is 56.9 Å². The number of rotatable bonds is 3. The molecule has 4 rings (SSSR count). The average Bonchev–Trinajstić information content (AvgIpc) is 3.03. The number of hydrogen-bond donors (Lipinski definition) is 2. The lowest BCUT2D eigenvalue weighted by atomic mass is 9.74. The minimum absolute atomic E-state index is 0.0641. The molecule has 168 valence electrons. The van der Waals surface area contributed by atoms with E-state index in [1.54, 1.807) is 12.1 Å². The number of hydrogen-bond acceptors (Lipinski definition) is 4. The summed E-state index contributed by atoms with van der Waals surface area (Å²) in [5, 5.41) is 11.3. The van der Waals surface area contributed by atoms with Crippen LogP contribution >= 0.6 is 23.2 Å². The predicted molar refractivity (Wildman–Crippen MR) is 126 cm³/mol. The molecule has 1 aromatic heterocycles. The molecule has 1 aliphatic carbocycles. The quantitative estimate of drug-likeness (QED) is 0.548. The molecule has 0 spiro atoms. The fourth-order valence-electron chi connectivity index (χ4n) is 4.09. The number of halogens is 2. The average molecular weight is 484 g/mol. The van der Waals surface area contributed by atoms with Gasteiger partial charge < -0.3 is 10.1 Å². The maximum Gasteiger partial charge on any atom is 0.335 e. The topological polar surface area (TPSA) is 104 Å². The molecule has 1 heterocycles. The Bertz CT molecular complexity index is 1460. The summed E-state index contributed by atoms with van der Waals surface area (Å²) < 4.78 is 0. The van der Waals surface area contributed by atoms with Crippen LogP contribution in [-0.4, -0.2) is 33.4 Å². The molecule has 0 unspecified atom stereocenters. The van der Waals surface area contributed by atoms with E-state index < -0.39 is 11.4 Å². The summed E-state index contributed by atoms with van der Waals surface area (Å²) >= 11 is 12.4. The van der Waals surface area contributed by atoms with Gasteiger partial charge in [0.05, 0.1) is 31.9 Å². The number of ketones is 3.